The van der Waals surface area contributed by atoms with E-state index in [2.05, 4.69) is 13.5 Å². The van der Waals surface area contributed by atoms with Crippen molar-refractivity contribution < 1.29 is 19.1 Å². The number of unbranched alkanes of at least 4 members (excludes halogenated alkanes) is 5. The molecule has 0 spiro atoms. The average Bonchev–Trinajstić information content (AvgIpc) is 2.50. The minimum Gasteiger partial charge on any atom is -0.463 e. The van der Waals surface area contributed by atoms with E-state index in [0.717, 1.165) is 12.8 Å². The van der Waals surface area contributed by atoms with Crippen LogP contribution < -0.4 is 0 Å². The fourth-order valence-electron chi connectivity index (χ4n) is 2.25. The summed E-state index contributed by atoms with van der Waals surface area (Å²) in [6, 6.07) is 0. The van der Waals surface area contributed by atoms with Gasteiger partial charge in [0.15, 0.2) is 0 Å². The zero-order chi connectivity index (χ0) is 17.5. The highest BCUT2D eigenvalue weighted by Gasteiger charge is 2.11. The molecule has 0 heterocycles. The van der Waals surface area contributed by atoms with Crippen molar-refractivity contribution in [2.75, 3.05) is 0 Å². The largest absolute Gasteiger partial charge is 0.463 e. The van der Waals surface area contributed by atoms with Crippen LogP contribution in [-0.4, -0.2) is 24.1 Å². The molecule has 0 radical (unpaired) electrons. The van der Waals surface area contributed by atoms with E-state index in [-0.39, 0.29) is 37.0 Å². The first kappa shape index (κ1) is 21.7. The van der Waals surface area contributed by atoms with E-state index in [1.165, 1.54) is 32.1 Å². The SMILES string of the molecule is C=CC(C)OC(=O)CCCC(=O)OC(C)CCCCCCCC. The monoisotopic (exact) mass is 326 g/mol. The van der Waals surface area contributed by atoms with E-state index in [4.69, 9.17) is 9.47 Å². The summed E-state index contributed by atoms with van der Waals surface area (Å²) in [6.07, 6.45) is 10.5. The van der Waals surface area contributed by atoms with E-state index >= 15 is 0 Å². The van der Waals surface area contributed by atoms with Gasteiger partial charge in [-0.2, -0.15) is 0 Å². The fourth-order valence-corrected chi connectivity index (χ4v) is 2.25. The number of carbonyl (C=O) groups excluding carboxylic acids is 2. The molecule has 0 aliphatic heterocycles. The Hall–Kier alpha value is -1.32. The van der Waals surface area contributed by atoms with Gasteiger partial charge in [-0.25, -0.2) is 0 Å². The molecule has 0 bridgehead atoms. The highest BCUT2D eigenvalue weighted by Crippen LogP contribution is 2.11. The van der Waals surface area contributed by atoms with Crippen LogP contribution in [-0.2, 0) is 19.1 Å². The van der Waals surface area contributed by atoms with Crippen molar-refractivity contribution in [3.05, 3.63) is 12.7 Å². The average molecular weight is 326 g/mol. The van der Waals surface area contributed by atoms with Gasteiger partial charge in [-0.1, -0.05) is 51.7 Å². The van der Waals surface area contributed by atoms with Crippen LogP contribution in [0.1, 0.15) is 85.0 Å². The molecule has 4 nitrogen and oxygen atoms in total. The summed E-state index contributed by atoms with van der Waals surface area (Å²) in [5, 5.41) is 0. The molecular weight excluding hydrogens is 292 g/mol. The lowest BCUT2D eigenvalue weighted by Gasteiger charge is -2.13. The lowest BCUT2D eigenvalue weighted by atomic mass is 10.1. The summed E-state index contributed by atoms with van der Waals surface area (Å²) < 4.78 is 10.4. The predicted octanol–water partition coefficient (Wildman–Crippen LogP) is 4.96. The molecular formula is C19H34O4. The Morgan fingerprint density at radius 3 is 2.09 bits per heavy atom. The molecule has 134 valence electrons. The van der Waals surface area contributed by atoms with Gasteiger partial charge in [0.1, 0.15) is 6.10 Å². The molecule has 0 fully saturated rings. The lowest BCUT2D eigenvalue weighted by Crippen LogP contribution is -2.16. The van der Waals surface area contributed by atoms with Gasteiger partial charge in [-0.15, -0.1) is 0 Å². The maximum Gasteiger partial charge on any atom is 0.306 e. The number of carbonyl (C=O) groups is 2. The number of ether oxygens (including phenoxy) is 2. The first-order chi connectivity index (χ1) is 11.0. The predicted molar refractivity (Wildman–Crippen MR) is 93.1 cm³/mol. The van der Waals surface area contributed by atoms with Crippen LogP contribution in [0.2, 0.25) is 0 Å². The molecule has 2 unspecified atom stereocenters. The Bertz CT molecular complexity index is 338. The molecule has 0 aliphatic rings. The van der Waals surface area contributed by atoms with Crippen molar-refractivity contribution in [3.8, 4) is 0 Å². The fraction of sp³-hybridized carbons (Fsp3) is 0.789. The lowest BCUT2D eigenvalue weighted by molar-refractivity contribution is -0.149. The number of rotatable bonds is 14. The molecule has 0 rings (SSSR count). The summed E-state index contributed by atoms with van der Waals surface area (Å²) in [5.41, 5.74) is 0. The maximum absolute atomic E-state index is 11.7. The molecule has 4 heteroatoms. The topological polar surface area (TPSA) is 52.6 Å². The molecule has 23 heavy (non-hydrogen) atoms. The van der Waals surface area contributed by atoms with Crippen LogP contribution in [0.4, 0.5) is 0 Å². The van der Waals surface area contributed by atoms with E-state index in [1.54, 1.807) is 13.0 Å². The van der Waals surface area contributed by atoms with Gasteiger partial charge in [0, 0.05) is 12.8 Å². The van der Waals surface area contributed by atoms with E-state index < -0.39 is 0 Å². The van der Waals surface area contributed by atoms with E-state index in [1.807, 2.05) is 6.92 Å². The number of hydrogen-bond acceptors (Lipinski definition) is 4. The zero-order valence-corrected chi connectivity index (χ0v) is 15.1. The number of hydrogen-bond donors (Lipinski definition) is 0. The smallest absolute Gasteiger partial charge is 0.306 e. The van der Waals surface area contributed by atoms with Gasteiger partial charge in [0.05, 0.1) is 6.10 Å². The van der Waals surface area contributed by atoms with Crippen LogP contribution in [0.15, 0.2) is 12.7 Å². The van der Waals surface area contributed by atoms with Crippen LogP contribution >= 0.6 is 0 Å². The Labute approximate surface area is 141 Å². The minimum absolute atomic E-state index is 0.0404. The maximum atomic E-state index is 11.7. The van der Waals surface area contributed by atoms with Gasteiger partial charge in [-0.05, 0) is 33.1 Å². The number of esters is 2. The Balaban J connectivity index is 3.60. The van der Waals surface area contributed by atoms with E-state index in [9.17, 15) is 9.59 Å². The van der Waals surface area contributed by atoms with Gasteiger partial charge in [0.25, 0.3) is 0 Å². The van der Waals surface area contributed by atoms with Crippen molar-refractivity contribution in [1.82, 2.24) is 0 Å². The second kappa shape index (κ2) is 14.3. The molecule has 2 atom stereocenters. The first-order valence-electron chi connectivity index (χ1n) is 9.01. The van der Waals surface area contributed by atoms with Crippen LogP contribution in [0.25, 0.3) is 0 Å². The van der Waals surface area contributed by atoms with Crippen molar-refractivity contribution in [2.24, 2.45) is 0 Å². The summed E-state index contributed by atoms with van der Waals surface area (Å²) >= 11 is 0. The second-order valence-electron chi connectivity index (χ2n) is 6.14. The molecule has 0 amide bonds. The molecule has 0 saturated heterocycles. The van der Waals surface area contributed by atoms with Crippen molar-refractivity contribution >= 4 is 11.9 Å². The summed E-state index contributed by atoms with van der Waals surface area (Å²) in [4.78, 5) is 23.1. The normalized spacial score (nSPS) is 13.2. The molecule has 0 saturated carbocycles. The second-order valence-corrected chi connectivity index (χ2v) is 6.14. The highest BCUT2D eigenvalue weighted by molar-refractivity contribution is 5.72. The molecule has 0 aromatic rings. The minimum atomic E-state index is -0.301. The van der Waals surface area contributed by atoms with Gasteiger partial charge in [0.2, 0.25) is 0 Å². The zero-order valence-electron chi connectivity index (χ0n) is 15.1. The van der Waals surface area contributed by atoms with Crippen LogP contribution in [0, 0.1) is 0 Å². The third-order valence-corrected chi connectivity index (χ3v) is 3.71. The molecule has 0 aliphatic carbocycles. The standard InChI is InChI=1S/C19H34O4/c1-5-7-8-9-10-11-13-17(4)23-19(21)15-12-14-18(20)22-16(3)6-2/h6,16-17H,2,5,7-15H2,1,3-4H3. The molecule has 0 aromatic carbocycles. The Kier molecular flexibility index (Phi) is 13.5. The Morgan fingerprint density at radius 1 is 0.913 bits per heavy atom. The highest BCUT2D eigenvalue weighted by atomic mass is 16.5. The van der Waals surface area contributed by atoms with Crippen molar-refractivity contribution in [3.63, 3.8) is 0 Å². The van der Waals surface area contributed by atoms with Gasteiger partial charge in [-0.3, -0.25) is 9.59 Å². The third kappa shape index (κ3) is 14.0. The van der Waals surface area contributed by atoms with Crippen LogP contribution in [0.5, 0.6) is 0 Å². The van der Waals surface area contributed by atoms with E-state index in [0.29, 0.717) is 6.42 Å². The molecule has 0 aromatic heterocycles. The Morgan fingerprint density at radius 2 is 1.48 bits per heavy atom. The first-order valence-corrected chi connectivity index (χ1v) is 9.01. The third-order valence-electron chi connectivity index (χ3n) is 3.71. The van der Waals surface area contributed by atoms with Gasteiger partial charge >= 0.3 is 11.9 Å². The molecule has 0 N–H and O–H groups in total. The van der Waals surface area contributed by atoms with Crippen molar-refractivity contribution in [2.45, 2.75) is 97.2 Å². The summed E-state index contributed by atoms with van der Waals surface area (Å²) in [7, 11) is 0. The quantitative estimate of drug-likeness (QED) is 0.257. The summed E-state index contributed by atoms with van der Waals surface area (Å²) in [5.74, 6) is -0.529. The summed E-state index contributed by atoms with van der Waals surface area (Å²) in [6.45, 7) is 9.45. The van der Waals surface area contributed by atoms with Crippen molar-refractivity contribution in [1.29, 1.82) is 0 Å². The van der Waals surface area contributed by atoms with Crippen LogP contribution in [0.3, 0.4) is 0 Å². The van der Waals surface area contributed by atoms with Gasteiger partial charge < -0.3 is 9.47 Å².